The maximum absolute atomic E-state index is 14.0. The first kappa shape index (κ1) is 22.5. The second-order valence-corrected chi connectivity index (χ2v) is 9.49. The van der Waals surface area contributed by atoms with Gasteiger partial charge in [0.25, 0.3) is 5.91 Å². The third-order valence-corrected chi connectivity index (χ3v) is 7.72. The van der Waals surface area contributed by atoms with Crippen molar-refractivity contribution in [3.8, 4) is 11.5 Å². The smallest absolute Gasteiger partial charge is 0.256 e. The molecule has 0 fully saturated rings. The van der Waals surface area contributed by atoms with E-state index in [1.54, 1.807) is 18.4 Å². The molecule has 34 heavy (non-hydrogen) atoms. The lowest BCUT2D eigenvalue weighted by atomic mass is 9.94. The van der Waals surface area contributed by atoms with E-state index in [4.69, 9.17) is 9.47 Å². The molecule has 0 N–H and O–H groups in total. The van der Waals surface area contributed by atoms with Gasteiger partial charge in [-0.05, 0) is 67.5 Å². The highest BCUT2D eigenvalue weighted by atomic mass is 32.1. The van der Waals surface area contributed by atoms with Gasteiger partial charge in [0, 0.05) is 35.1 Å². The van der Waals surface area contributed by atoms with E-state index in [1.165, 1.54) is 10.4 Å². The molecule has 0 spiro atoms. The molecule has 1 atom stereocenters. The summed E-state index contributed by atoms with van der Waals surface area (Å²) in [5, 5.41) is 3.17. The minimum Gasteiger partial charge on any atom is -0.493 e. The number of thiophene rings is 1. The van der Waals surface area contributed by atoms with Gasteiger partial charge in [0.1, 0.15) is 0 Å². The summed E-state index contributed by atoms with van der Waals surface area (Å²) in [6, 6.07) is 16.5. The number of aromatic nitrogens is 1. The standard InChI is InChI=1S/C28H30N2O3S/c1-4-29-18-22(21-8-6-7-9-23(21)29)28(31)30-14-12-20-13-15-34-27(20)24(30)16-19-10-11-25(33-5-2)26(17-19)32-3/h6-11,13,15,17-18,24H,4-5,12,14,16H2,1-3H3. The Morgan fingerprint density at radius 2 is 1.97 bits per heavy atom. The largest absolute Gasteiger partial charge is 0.493 e. The maximum Gasteiger partial charge on any atom is 0.256 e. The lowest BCUT2D eigenvalue weighted by molar-refractivity contribution is 0.0666. The molecule has 1 aliphatic rings. The minimum absolute atomic E-state index is 0.0114. The molecule has 3 heterocycles. The lowest BCUT2D eigenvalue weighted by Crippen LogP contribution is -2.40. The number of fused-ring (bicyclic) bond motifs is 2. The van der Waals surface area contributed by atoms with Crippen LogP contribution in [0.2, 0.25) is 0 Å². The average molecular weight is 475 g/mol. The molecule has 0 radical (unpaired) electrons. The minimum atomic E-state index is -0.0114. The highest BCUT2D eigenvalue weighted by molar-refractivity contribution is 7.10. The van der Waals surface area contributed by atoms with E-state index < -0.39 is 0 Å². The summed E-state index contributed by atoms with van der Waals surface area (Å²) in [5.74, 6) is 1.57. The van der Waals surface area contributed by atoms with Gasteiger partial charge >= 0.3 is 0 Å². The van der Waals surface area contributed by atoms with Gasteiger partial charge < -0.3 is 18.9 Å². The second kappa shape index (κ2) is 9.55. The summed E-state index contributed by atoms with van der Waals surface area (Å²) in [6.07, 6.45) is 3.64. The molecule has 0 saturated carbocycles. The van der Waals surface area contributed by atoms with Crippen LogP contribution in [0.5, 0.6) is 11.5 Å². The molecule has 4 aromatic rings. The number of benzene rings is 2. The number of hydrogen-bond acceptors (Lipinski definition) is 4. The zero-order chi connectivity index (χ0) is 23.7. The molecule has 5 rings (SSSR count). The van der Waals surface area contributed by atoms with Crippen molar-refractivity contribution in [3.63, 3.8) is 0 Å². The Balaban J connectivity index is 1.52. The zero-order valence-corrected chi connectivity index (χ0v) is 20.7. The van der Waals surface area contributed by atoms with Crippen LogP contribution in [0.3, 0.4) is 0 Å². The number of rotatable bonds is 7. The molecule has 1 unspecified atom stereocenters. The van der Waals surface area contributed by atoms with Gasteiger partial charge in [-0.2, -0.15) is 0 Å². The summed E-state index contributed by atoms with van der Waals surface area (Å²) in [6.45, 7) is 6.21. The molecule has 2 aromatic carbocycles. The van der Waals surface area contributed by atoms with Crippen LogP contribution >= 0.6 is 11.3 Å². The topological polar surface area (TPSA) is 43.7 Å². The summed E-state index contributed by atoms with van der Waals surface area (Å²) in [5.41, 5.74) is 4.37. The van der Waals surface area contributed by atoms with Crippen LogP contribution in [0.4, 0.5) is 0 Å². The van der Waals surface area contributed by atoms with Gasteiger partial charge in [-0.1, -0.05) is 24.3 Å². The SMILES string of the molecule is CCOc1ccc(CC2c3sccc3CCN2C(=O)c2cn(CC)c3ccccc23)cc1OC. The summed E-state index contributed by atoms with van der Waals surface area (Å²) >= 11 is 1.75. The van der Waals surface area contributed by atoms with Crippen LogP contribution in [0.25, 0.3) is 10.9 Å². The number of aryl methyl sites for hydroxylation is 1. The number of carbonyl (C=O) groups is 1. The average Bonchev–Trinajstić information content (AvgIpc) is 3.50. The van der Waals surface area contributed by atoms with Crippen molar-refractivity contribution in [1.29, 1.82) is 0 Å². The normalized spacial score (nSPS) is 15.4. The fourth-order valence-corrected chi connectivity index (χ4v) is 6.07. The van der Waals surface area contributed by atoms with Crippen molar-refractivity contribution >= 4 is 28.1 Å². The van der Waals surface area contributed by atoms with E-state index in [1.807, 2.05) is 37.4 Å². The molecule has 0 bridgehead atoms. The van der Waals surface area contributed by atoms with Gasteiger partial charge in [-0.15, -0.1) is 11.3 Å². The van der Waals surface area contributed by atoms with Gasteiger partial charge in [0.2, 0.25) is 0 Å². The Morgan fingerprint density at radius 1 is 1.12 bits per heavy atom. The van der Waals surface area contributed by atoms with Crippen LogP contribution in [-0.2, 0) is 19.4 Å². The fourth-order valence-electron chi connectivity index (χ4n) is 5.00. The molecular formula is C28H30N2O3S. The van der Waals surface area contributed by atoms with E-state index in [0.717, 1.165) is 52.9 Å². The number of para-hydroxylation sites is 1. The Bertz CT molecular complexity index is 1320. The highest BCUT2D eigenvalue weighted by Crippen LogP contribution is 2.39. The number of methoxy groups -OCH3 is 1. The first-order valence-electron chi connectivity index (χ1n) is 11.9. The second-order valence-electron chi connectivity index (χ2n) is 8.54. The van der Waals surface area contributed by atoms with Gasteiger partial charge in [-0.25, -0.2) is 0 Å². The number of nitrogens with zero attached hydrogens (tertiary/aromatic N) is 2. The Morgan fingerprint density at radius 3 is 2.76 bits per heavy atom. The summed E-state index contributed by atoms with van der Waals surface area (Å²) in [4.78, 5) is 17.4. The van der Waals surface area contributed by atoms with Crippen LogP contribution in [-0.4, -0.2) is 35.6 Å². The van der Waals surface area contributed by atoms with E-state index in [9.17, 15) is 4.79 Å². The summed E-state index contributed by atoms with van der Waals surface area (Å²) < 4.78 is 13.4. The Labute approximate surface area is 204 Å². The van der Waals surface area contributed by atoms with E-state index in [-0.39, 0.29) is 11.9 Å². The van der Waals surface area contributed by atoms with E-state index in [2.05, 4.69) is 46.0 Å². The Kier molecular flexibility index (Phi) is 6.33. The van der Waals surface area contributed by atoms with Crippen LogP contribution in [0.15, 0.2) is 60.1 Å². The number of amides is 1. The van der Waals surface area contributed by atoms with Gasteiger partial charge in [0.15, 0.2) is 11.5 Å². The predicted molar refractivity (Wildman–Crippen MR) is 137 cm³/mol. The molecule has 0 saturated heterocycles. The predicted octanol–water partition coefficient (Wildman–Crippen LogP) is 6.11. The van der Waals surface area contributed by atoms with E-state index >= 15 is 0 Å². The van der Waals surface area contributed by atoms with Crippen molar-refractivity contribution in [1.82, 2.24) is 9.47 Å². The Hall–Kier alpha value is -3.25. The third kappa shape index (κ3) is 3.96. The molecule has 6 heteroatoms. The molecule has 1 amide bonds. The third-order valence-electron chi connectivity index (χ3n) is 6.66. The molecule has 5 nitrogen and oxygen atoms in total. The van der Waals surface area contributed by atoms with Crippen molar-refractivity contribution in [2.45, 2.75) is 39.3 Å². The maximum atomic E-state index is 14.0. The number of ether oxygens (including phenoxy) is 2. The van der Waals surface area contributed by atoms with Crippen molar-refractivity contribution < 1.29 is 14.3 Å². The van der Waals surface area contributed by atoms with Gasteiger partial charge in [0.05, 0.1) is 25.3 Å². The number of hydrogen-bond donors (Lipinski definition) is 0. The molecule has 176 valence electrons. The quantitative estimate of drug-likeness (QED) is 0.324. The van der Waals surface area contributed by atoms with Crippen LogP contribution in [0, 0.1) is 0 Å². The first-order chi connectivity index (χ1) is 16.6. The molecule has 1 aliphatic heterocycles. The van der Waals surface area contributed by atoms with Crippen molar-refractivity contribution in [2.24, 2.45) is 0 Å². The first-order valence-corrected chi connectivity index (χ1v) is 12.8. The zero-order valence-electron chi connectivity index (χ0n) is 19.9. The monoisotopic (exact) mass is 474 g/mol. The lowest BCUT2D eigenvalue weighted by Gasteiger charge is -2.36. The van der Waals surface area contributed by atoms with Crippen molar-refractivity contribution in [3.05, 3.63) is 81.7 Å². The number of carbonyl (C=O) groups excluding carboxylic acids is 1. The van der Waals surface area contributed by atoms with Gasteiger partial charge in [-0.3, -0.25) is 4.79 Å². The fraction of sp³-hybridized carbons (Fsp3) is 0.321. The molecule has 0 aliphatic carbocycles. The van der Waals surface area contributed by atoms with Crippen LogP contribution < -0.4 is 9.47 Å². The van der Waals surface area contributed by atoms with Crippen LogP contribution in [0.1, 0.15) is 46.3 Å². The molecule has 2 aromatic heterocycles. The van der Waals surface area contributed by atoms with Crippen molar-refractivity contribution in [2.75, 3.05) is 20.3 Å². The van der Waals surface area contributed by atoms with E-state index in [0.29, 0.717) is 13.2 Å². The summed E-state index contributed by atoms with van der Waals surface area (Å²) in [7, 11) is 1.67. The highest BCUT2D eigenvalue weighted by Gasteiger charge is 2.33. The molecular weight excluding hydrogens is 444 g/mol.